The molecule has 1 saturated heterocycles. The quantitative estimate of drug-likeness (QED) is 0.582. The Kier molecular flexibility index (Phi) is 5.26. The van der Waals surface area contributed by atoms with Crippen molar-refractivity contribution in [2.45, 2.75) is 20.0 Å². The number of aryl methyl sites for hydroxylation is 1. The lowest BCUT2D eigenvalue weighted by molar-refractivity contribution is -0.0156. The van der Waals surface area contributed by atoms with Gasteiger partial charge in [-0.1, -0.05) is 18.5 Å². The van der Waals surface area contributed by atoms with Crippen molar-refractivity contribution in [1.29, 1.82) is 0 Å². The van der Waals surface area contributed by atoms with Gasteiger partial charge >= 0.3 is 0 Å². The van der Waals surface area contributed by atoms with Crippen LogP contribution in [0, 0.1) is 18.2 Å². The molecule has 0 amide bonds. The van der Waals surface area contributed by atoms with Gasteiger partial charge in [0.15, 0.2) is 0 Å². The lowest BCUT2D eigenvalue weighted by atomic mass is 9.85. The molecule has 2 aliphatic heterocycles. The highest BCUT2D eigenvalue weighted by molar-refractivity contribution is 6.30. The van der Waals surface area contributed by atoms with E-state index in [1.807, 2.05) is 43.4 Å². The zero-order valence-electron chi connectivity index (χ0n) is 18.3. The molecule has 5 rings (SSSR count). The molecule has 4 heterocycles. The number of pyridine rings is 2. The zero-order valence-corrected chi connectivity index (χ0v) is 19.1. The van der Waals surface area contributed by atoms with E-state index in [4.69, 9.17) is 26.3 Å². The van der Waals surface area contributed by atoms with E-state index in [0.29, 0.717) is 36.0 Å². The molecule has 6 nitrogen and oxygen atoms in total. The Morgan fingerprint density at radius 1 is 1.19 bits per heavy atom. The molecule has 2 aromatic heterocycles. The summed E-state index contributed by atoms with van der Waals surface area (Å²) in [7, 11) is 1.97. The summed E-state index contributed by atoms with van der Waals surface area (Å²) < 4.78 is 21.0. The molecule has 2 atom stereocenters. The summed E-state index contributed by atoms with van der Waals surface area (Å²) in [6.45, 7) is 6.88. The predicted octanol–water partition coefficient (Wildman–Crippen LogP) is 4.54. The average molecular weight is 454 g/mol. The van der Waals surface area contributed by atoms with Crippen LogP contribution in [-0.2, 0) is 4.74 Å². The maximum absolute atomic E-state index is 14.9. The third-order valence-electron chi connectivity index (χ3n) is 6.24. The molecule has 1 fully saturated rings. The average Bonchev–Trinajstić information content (AvgIpc) is 3.13. The van der Waals surface area contributed by atoms with E-state index in [1.165, 1.54) is 6.07 Å². The first-order valence-electron chi connectivity index (χ1n) is 10.7. The van der Waals surface area contributed by atoms with Gasteiger partial charge in [0.2, 0.25) is 0 Å². The van der Waals surface area contributed by atoms with Crippen LogP contribution in [0.2, 0.25) is 5.02 Å². The second-order valence-electron chi connectivity index (χ2n) is 8.84. The van der Waals surface area contributed by atoms with E-state index in [2.05, 4.69) is 16.9 Å². The van der Waals surface area contributed by atoms with E-state index >= 15 is 0 Å². The molecule has 0 saturated carbocycles. The Bertz CT molecular complexity index is 1220. The Morgan fingerprint density at radius 3 is 2.78 bits per heavy atom. The summed E-state index contributed by atoms with van der Waals surface area (Å²) in [6, 6.07) is 10.5. The van der Waals surface area contributed by atoms with E-state index in [9.17, 15) is 4.39 Å². The van der Waals surface area contributed by atoms with Crippen molar-refractivity contribution < 1.29 is 9.13 Å². The van der Waals surface area contributed by atoms with Gasteiger partial charge in [0.25, 0.3) is 0 Å². The van der Waals surface area contributed by atoms with Gasteiger partial charge in [-0.3, -0.25) is 9.99 Å². The molecule has 32 heavy (non-hydrogen) atoms. The van der Waals surface area contributed by atoms with E-state index < -0.39 is 5.82 Å². The normalized spacial score (nSPS) is 23.3. The number of hydrogen-bond donors (Lipinski definition) is 0. The van der Waals surface area contributed by atoms with E-state index in [0.717, 1.165) is 29.0 Å². The fourth-order valence-corrected chi connectivity index (χ4v) is 4.67. The molecule has 2 aliphatic rings. The number of hydrazone groups is 1. The van der Waals surface area contributed by atoms with Crippen molar-refractivity contribution in [1.82, 2.24) is 15.0 Å². The monoisotopic (exact) mass is 453 g/mol. The van der Waals surface area contributed by atoms with Crippen molar-refractivity contribution in [3.05, 3.63) is 52.9 Å². The fourth-order valence-electron chi connectivity index (χ4n) is 4.51. The number of fused-ring (bicyclic) bond motifs is 1. The summed E-state index contributed by atoms with van der Waals surface area (Å²) >= 11 is 5.99. The smallest absolute Gasteiger partial charge is 0.134 e. The predicted molar refractivity (Wildman–Crippen MR) is 126 cm³/mol. The van der Waals surface area contributed by atoms with Gasteiger partial charge in [-0.15, -0.1) is 0 Å². The maximum atomic E-state index is 14.9. The minimum atomic E-state index is -0.401. The van der Waals surface area contributed by atoms with Crippen LogP contribution in [0.3, 0.4) is 0 Å². The number of rotatable bonds is 3. The van der Waals surface area contributed by atoms with Crippen LogP contribution in [0.15, 0.2) is 41.5 Å². The number of aromatic nitrogens is 2. The number of benzene rings is 1. The molecular weight excluding hydrogens is 429 g/mol. The third kappa shape index (κ3) is 3.80. The number of morpholine rings is 1. The van der Waals surface area contributed by atoms with Gasteiger partial charge in [-0.25, -0.2) is 9.37 Å². The van der Waals surface area contributed by atoms with Gasteiger partial charge in [-0.05, 0) is 37.3 Å². The topological polar surface area (TPSA) is 53.9 Å². The van der Waals surface area contributed by atoms with Crippen LogP contribution in [0.1, 0.15) is 12.6 Å². The van der Waals surface area contributed by atoms with Crippen molar-refractivity contribution in [3.8, 4) is 11.3 Å². The second-order valence-corrected chi connectivity index (χ2v) is 9.28. The van der Waals surface area contributed by atoms with Crippen LogP contribution < -0.4 is 4.90 Å². The SMILES string of the molecule is Cc1ccc2c(-c3ccc(Cl)cc3F)nc(N3CCO[C@H](C4(C)C=NN(C)C4)C3)cc2n1. The highest BCUT2D eigenvalue weighted by Crippen LogP contribution is 2.35. The molecule has 0 N–H and O–H groups in total. The van der Waals surface area contributed by atoms with Crippen LogP contribution in [0.5, 0.6) is 0 Å². The largest absolute Gasteiger partial charge is 0.374 e. The molecule has 0 aliphatic carbocycles. The number of anilines is 1. The molecule has 1 aromatic carbocycles. The Balaban J connectivity index is 1.58. The Labute approximate surface area is 191 Å². The van der Waals surface area contributed by atoms with Crippen LogP contribution in [0.25, 0.3) is 22.2 Å². The summed E-state index contributed by atoms with van der Waals surface area (Å²) in [4.78, 5) is 11.8. The van der Waals surface area contributed by atoms with Crippen LogP contribution in [0.4, 0.5) is 10.2 Å². The zero-order chi connectivity index (χ0) is 22.5. The number of hydrogen-bond acceptors (Lipinski definition) is 6. The minimum Gasteiger partial charge on any atom is -0.374 e. The molecule has 0 bridgehead atoms. The number of nitrogens with zero attached hydrogens (tertiary/aromatic N) is 5. The number of ether oxygens (including phenoxy) is 1. The van der Waals surface area contributed by atoms with Gasteiger partial charge in [0, 0.05) is 60.6 Å². The number of halogens is 2. The fraction of sp³-hybridized carbons (Fsp3) is 0.375. The second kappa shape index (κ2) is 7.98. The highest BCUT2D eigenvalue weighted by atomic mass is 35.5. The van der Waals surface area contributed by atoms with Crippen LogP contribution in [-0.4, -0.2) is 60.6 Å². The summed E-state index contributed by atoms with van der Waals surface area (Å²) in [5.74, 6) is 0.363. The Hall–Kier alpha value is -2.77. The summed E-state index contributed by atoms with van der Waals surface area (Å²) in [5.41, 5.74) is 2.49. The van der Waals surface area contributed by atoms with Gasteiger partial charge in [0.1, 0.15) is 11.6 Å². The Morgan fingerprint density at radius 2 is 2.03 bits per heavy atom. The van der Waals surface area contributed by atoms with Crippen molar-refractivity contribution in [2.24, 2.45) is 10.5 Å². The molecular formula is C24H25ClFN5O. The van der Waals surface area contributed by atoms with Gasteiger partial charge in [0.05, 0.1) is 29.3 Å². The molecule has 166 valence electrons. The van der Waals surface area contributed by atoms with Crippen LogP contribution >= 0.6 is 11.6 Å². The van der Waals surface area contributed by atoms with Crippen molar-refractivity contribution in [2.75, 3.05) is 38.2 Å². The first-order valence-corrected chi connectivity index (χ1v) is 11.1. The molecule has 1 unspecified atom stereocenters. The molecule has 0 spiro atoms. The van der Waals surface area contributed by atoms with E-state index in [1.54, 1.807) is 12.1 Å². The lowest BCUT2D eigenvalue weighted by Gasteiger charge is -2.40. The van der Waals surface area contributed by atoms with E-state index in [-0.39, 0.29) is 11.5 Å². The standard InChI is InChI=1S/C24H25ClFN5O/c1-15-4-6-18-20(28-15)11-22(29-23(18)17-7-5-16(25)10-19(17)26)31-8-9-32-21(12-31)24(2)13-27-30(3)14-24/h4-7,10-11,13,21H,8-9,12,14H2,1-3H3/t21-,24?/m0/s1. The van der Waals surface area contributed by atoms with Crippen molar-refractivity contribution >= 4 is 34.5 Å². The first-order chi connectivity index (χ1) is 15.3. The highest BCUT2D eigenvalue weighted by Gasteiger charge is 2.41. The molecule has 3 aromatic rings. The molecule has 8 heteroatoms. The minimum absolute atomic E-state index is 0.0244. The van der Waals surface area contributed by atoms with Crippen molar-refractivity contribution in [3.63, 3.8) is 0 Å². The third-order valence-corrected chi connectivity index (χ3v) is 6.48. The molecule has 0 radical (unpaired) electrons. The first kappa shape index (κ1) is 21.1. The summed E-state index contributed by atoms with van der Waals surface area (Å²) in [5, 5.41) is 7.51. The summed E-state index contributed by atoms with van der Waals surface area (Å²) in [6.07, 6.45) is 1.96. The van der Waals surface area contributed by atoms with Gasteiger partial charge < -0.3 is 9.64 Å². The lowest BCUT2D eigenvalue weighted by Crippen LogP contribution is -2.52. The van der Waals surface area contributed by atoms with Gasteiger partial charge in [-0.2, -0.15) is 5.10 Å². The maximum Gasteiger partial charge on any atom is 0.134 e.